The lowest BCUT2D eigenvalue weighted by molar-refractivity contribution is 0.397. The second-order valence-corrected chi connectivity index (χ2v) is 8.42. The molecule has 2 aromatic carbocycles. The number of hydrogen-bond donors (Lipinski definition) is 0. The topological polar surface area (TPSA) is 74.1 Å². The quantitative estimate of drug-likeness (QED) is 0.716. The fourth-order valence-electron chi connectivity index (χ4n) is 2.32. The summed E-state index contributed by atoms with van der Waals surface area (Å²) in [5.74, 6) is 0. The Hall–Kier alpha value is -2.27. The molecule has 3 rings (SSSR count). The molecule has 0 spiro atoms. The summed E-state index contributed by atoms with van der Waals surface area (Å²) in [6.45, 7) is 1.81. The van der Waals surface area contributed by atoms with E-state index in [2.05, 4.69) is 4.98 Å². The third kappa shape index (κ3) is 2.91. The molecule has 7 heteroatoms. The van der Waals surface area contributed by atoms with Crippen molar-refractivity contribution in [1.82, 2.24) is 9.29 Å². The van der Waals surface area contributed by atoms with Crippen LogP contribution in [0.2, 0.25) is 0 Å². The molecule has 0 fully saturated rings. The number of hydrogen-bond acceptors (Lipinski definition) is 5. The predicted molar refractivity (Wildman–Crippen MR) is 94.1 cm³/mol. The van der Waals surface area contributed by atoms with Gasteiger partial charge in [0, 0.05) is 7.05 Å². The summed E-state index contributed by atoms with van der Waals surface area (Å²) in [7, 11) is -2.17. The highest BCUT2D eigenvalue weighted by molar-refractivity contribution is 7.89. The van der Waals surface area contributed by atoms with Crippen molar-refractivity contribution in [3.63, 3.8) is 0 Å². The van der Waals surface area contributed by atoms with E-state index in [4.69, 9.17) is 5.26 Å². The fraction of sp³-hybridized carbons (Fsp3) is 0.176. The van der Waals surface area contributed by atoms with E-state index in [1.54, 1.807) is 12.1 Å². The minimum atomic E-state index is -3.71. The van der Waals surface area contributed by atoms with Crippen LogP contribution in [0, 0.1) is 11.3 Å². The molecule has 3 aromatic rings. The molecule has 0 radical (unpaired) electrons. The summed E-state index contributed by atoms with van der Waals surface area (Å²) < 4.78 is 28.0. The molecule has 0 N–H and O–H groups in total. The molecule has 0 aliphatic carbocycles. The van der Waals surface area contributed by atoms with Gasteiger partial charge in [0.25, 0.3) is 0 Å². The monoisotopic (exact) mass is 357 g/mol. The van der Waals surface area contributed by atoms with Gasteiger partial charge in [-0.25, -0.2) is 13.4 Å². The van der Waals surface area contributed by atoms with Crippen LogP contribution in [-0.4, -0.2) is 24.8 Å². The van der Waals surface area contributed by atoms with Crippen LogP contribution in [0.25, 0.3) is 10.2 Å². The minimum Gasteiger partial charge on any atom is -0.239 e. The number of nitriles is 1. The third-order valence-electron chi connectivity index (χ3n) is 3.85. The molecule has 0 saturated heterocycles. The van der Waals surface area contributed by atoms with Gasteiger partial charge < -0.3 is 0 Å². The highest BCUT2D eigenvalue weighted by Gasteiger charge is 2.28. The standard InChI is InChI=1S/C17H15N3O2S2/c1-12(17-19-15-8-3-4-9-16(15)23-17)20(2)24(21,22)14-7-5-6-13(10-14)11-18/h3-10,12H,1-2H3/t12-/m0/s1. The Bertz CT molecular complexity index is 1000. The van der Waals surface area contributed by atoms with E-state index in [1.807, 2.05) is 37.3 Å². The van der Waals surface area contributed by atoms with E-state index >= 15 is 0 Å². The number of nitrogens with zero attached hydrogens (tertiary/aromatic N) is 3. The molecular weight excluding hydrogens is 342 g/mol. The highest BCUT2D eigenvalue weighted by atomic mass is 32.2. The van der Waals surface area contributed by atoms with Crippen LogP contribution in [0.15, 0.2) is 53.4 Å². The van der Waals surface area contributed by atoms with E-state index < -0.39 is 16.1 Å². The van der Waals surface area contributed by atoms with Crippen molar-refractivity contribution in [3.8, 4) is 6.07 Å². The molecule has 24 heavy (non-hydrogen) atoms. The molecule has 122 valence electrons. The molecule has 1 atom stereocenters. The number of fused-ring (bicyclic) bond motifs is 1. The van der Waals surface area contributed by atoms with Crippen LogP contribution in [0.3, 0.4) is 0 Å². The van der Waals surface area contributed by atoms with Crippen molar-refractivity contribution >= 4 is 31.6 Å². The van der Waals surface area contributed by atoms with Crippen molar-refractivity contribution in [2.75, 3.05) is 7.05 Å². The van der Waals surface area contributed by atoms with Gasteiger partial charge in [0.2, 0.25) is 10.0 Å². The molecule has 0 aliphatic rings. The van der Waals surface area contributed by atoms with Gasteiger partial charge in [0.15, 0.2) is 0 Å². The molecule has 5 nitrogen and oxygen atoms in total. The normalized spacial score (nSPS) is 13.1. The number of rotatable bonds is 4. The third-order valence-corrected chi connectivity index (χ3v) is 6.98. The lowest BCUT2D eigenvalue weighted by Gasteiger charge is -2.22. The van der Waals surface area contributed by atoms with Crippen LogP contribution in [0.1, 0.15) is 23.5 Å². The molecule has 0 aliphatic heterocycles. The second kappa shape index (κ2) is 6.32. The van der Waals surface area contributed by atoms with Crippen molar-refractivity contribution in [3.05, 3.63) is 59.1 Å². The zero-order valence-corrected chi connectivity index (χ0v) is 14.8. The Morgan fingerprint density at radius 2 is 1.96 bits per heavy atom. The lowest BCUT2D eigenvalue weighted by atomic mass is 10.2. The van der Waals surface area contributed by atoms with Gasteiger partial charge in [0.1, 0.15) is 5.01 Å². The van der Waals surface area contributed by atoms with Crippen LogP contribution in [0.5, 0.6) is 0 Å². The highest BCUT2D eigenvalue weighted by Crippen LogP contribution is 2.31. The number of sulfonamides is 1. The summed E-state index contributed by atoms with van der Waals surface area (Å²) in [6, 6.07) is 15.3. The maximum atomic E-state index is 12.8. The van der Waals surface area contributed by atoms with Crippen LogP contribution < -0.4 is 0 Å². The zero-order chi connectivity index (χ0) is 17.3. The van der Waals surface area contributed by atoms with E-state index in [1.165, 1.54) is 34.8 Å². The Labute approximate surface area is 144 Å². The summed E-state index contributed by atoms with van der Waals surface area (Å²) in [5.41, 5.74) is 1.18. The first-order chi connectivity index (χ1) is 11.4. The SMILES string of the molecule is C[C@@H](c1nc2ccccc2s1)N(C)S(=O)(=O)c1cccc(C#N)c1. The molecule has 0 unspecified atom stereocenters. The van der Waals surface area contributed by atoms with Gasteiger partial charge in [-0.3, -0.25) is 0 Å². The smallest absolute Gasteiger partial charge is 0.239 e. The first kappa shape index (κ1) is 16.6. The van der Waals surface area contributed by atoms with Crippen molar-refractivity contribution in [2.45, 2.75) is 17.9 Å². The Morgan fingerprint density at radius 1 is 1.21 bits per heavy atom. The zero-order valence-electron chi connectivity index (χ0n) is 13.2. The first-order valence-corrected chi connectivity index (χ1v) is 9.53. The van der Waals surface area contributed by atoms with Crippen LogP contribution in [0.4, 0.5) is 0 Å². The minimum absolute atomic E-state index is 0.108. The van der Waals surface area contributed by atoms with Gasteiger partial charge in [-0.1, -0.05) is 18.2 Å². The lowest BCUT2D eigenvalue weighted by Crippen LogP contribution is -2.29. The number of aromatic nitrogens is 1. The predicted octanol–water partition coefficient (Wildman–Crippen LogP) is 3.55. The van der Waals surface area contributed by atoms with Crippen LogP contribution >= 0.6 is 11.3 Å². The summed E-state index contributed by atoms with van der Waals surface area (Å²) >= 11 is 1.48. The van der Waals surface area contributed by atoms with E-state index in [0.29, 0.717) is 5.56 Å². The molecule has 0 bridgehead atoms. The van der Waals surface area contributed by atoms with Gasteiger partial charge in [-0.2, -0.15) is 9.57 Å². The maximum Gasteiger partial charge on any atom is 0.243 e. The fourth-order valence-corrected chi connectivity index (χ4v) is 4.83. The maximum absolute atomic E-state index is 12.8. The first-order valence-electron chi connectivity index (χ1n) is 7.27. The van der Waals surface area contributed by atoms with Crippen LogP contribution in [-0.2, 0) is 10.0 Å². The van der Waals surface area contributed by atoms with Crippen molar-refractivity contribution in [2.24, 2.45) is 0 Å². The summed E-state index contributed by atoms with van der Waals surface area (Å²) in [4.78, 5) is 4.64. The van der Waals surface area contributed by atoms with Gasteiger partial charge >= 0.3 is 0 Å². The average Bonchev–Trinajstić information content (AvgIpc) is 3.04. The molecule has 1 aromatic heterocycles. The second-order valence-electron chi connectivity index (χ2n) is 5.36. The van der Waals surface area contributed by atoms with Crippen molar-refractivity contribution < 1.29 is 8.42 Å². The molecule has 1 heterocycles. The molecule has 0 amide bonds. The van der Waals surface area contributed by atoms with Crippen molar-refractivity contribution in [1.29, 1.82) is 5.26 Å². The van der Waals surface area contributed by atoms with E-state index in [9.17, 15) is 8.42 Å². The molecular formula is C17H15N3O2S2. The average molecular weight is 357 g/mol. The largest absolute Gasteiger partial charge is 0.243 e. The number of benzene rings is 2. The number of thiazole rings is 1. The Balaban J connectivity index is 1.96. The molecule has 0 saturated carbocycles. The summed E-state index contributed by atoms with van der Waals surface area (Å²) in [5, 5.41) is 9.70. The van der Waals surface area contributed by atoms with E-state index in [-0.39, 0.29) is 4.90 Å². The van der Waals surface area contributed by atoms with Gasteiger partial charge in [-0.15, -0.1) is 11.3 Å². The Kier molecular flexibility index (Phi) is 4.37. The van der Waals surface area contributed by atoms with Gasteiger partial charge in [-0.05, 0) is 37.3 Å². The Morgan fingerprint density at radius 3 is 2.67 bits per heavy atom. The van der Waals surface area contributed by atoms with Gasteiger partial charge in [0.05, 0.1) is 32.8 Å². The van der Waals surface area contributed by atoms with E-state index in [0.717, 1.165) is 15.2 Å². The summed E-state index contributed by atoms with van der Waals surface area (Å²) in [6.07, 6.45) is 0. The number of para-hydroxylation sites is 1.